The lowest BCUT2D eigenvalue weighted by Crippen LogP contribution is -2.01. The summed E-state index contributed by atoms with van der Waals surface area (Å²) in [6.45, 7) is 0. The Hall–Kier alpha value is -13.4. The summed E-state index contributed by atoms with van der Waals surface area (Å²) >= 11 is 0. The highest BCUT2D eigenvalue weighted by Crippen LogP contribution is 2.44. The molecular weight excluding hydrogens is 1190 g/mol. The number of rotatable bonds is 9. The van der Waals surface area contributed by atoms with Gasteiger partial charge in [0.05, 0.1) is 27.7 Å². The van der Waals surface area contributed by atoms with Crippen LogP contribution in [0.4, 0.5) is 0 Å². The van der Waals surface area contributed by atoms with Gasteiger partial charge in [0.1, 0.15) is 33.5 Å². The fourth-order valence-corrected chi connectivity index (χ4v) is 14.2. The Morgan fingerprint density at radius 2 is 0.619 bits per heavy atom. The first-order valence-corrected chi connectivity index (χ1v) is 32.2. The molecule has 20 aromatic rings. The molecule has 0 N–H and O–H groups in total. The van der Waals surface area contributed by atoms with Crippen molar-refractivity contribution in [2.24, 2.45) is 0 Å². The summed E-state index contributed by atoms with van der Waals surface area (Å²) in [5, 5.41) is 12.4. The van der Waals surface area contributed by atoms with Crippen LogP contribution in [0.5, 0.6) is 0 Å². The number of aromatic nitrogens is 8. The number of nitrogens with zero attached hydrogens (tertiary/aromatic N) is 8. The average molecular weight is 1240 g/mol. The first-order valence-electron chi connectivity index (χ1n) is 32.2. The van der Waals surface area contributed by atoms with Crippen LogP contribution in [0.15, 0.2) is 305 Å². The minimum absolute atomic E-state index is 0.419. The molecule has 7 heterocycles. The van der Waals surface area contributed by atoms with Crippen molar-refractivity contribution >= 4 is 109 Å². The van der Waals surface area contributed by atoms with E-state index in [1.165, 1.54) is 5.39 Å². The van der Waals surface area contributed by atoms with Gasteiger partial charge < -0.3 is 13.3 Å². The number of hydrogen-bond acceptors (Lipinski definition) is 11. The van der Waals surface area contributed by atoms with Crippen LogP contribution in [0.2, 0.25) is 0 Å². The fraction of sp³-hybridized carbons (Fsp3) is 0. The summed E-state index contributed by atoms with van der Waals surface area (Å²) in [7, 11) is 0. The minimum atomic E-state index is 0.419. The molecule has 0 bridgehead atoms. The summed E-state index contributed by atoms with van der Waals surface area (Å²) in [4.78, 5) is 42.0. The molecule has 0 radical (unpaired) electrons. The van der Waals surface area contributed by atoms with E-state index < -0.39 is 0 Å². The zero-order valence-electron chi connectivity index (χ0n) is 51.5. The van der Waals surface area contributed by atoms with E-state index in [0.29, 0.717) is 57.3 Å². The van der Waals surface area contributed by atoms with E-state index in [-0.39, 0.29) is 0 Å². The SMILES string of the molecule is c1cnc2c(-c3ccc(-c4nc(-c5ccc(-c6cccc7cc(-c8cc(-c9nc(-c%10cccc%11c%10oc%10ccccc%10%11)nc(-c%10cccc%11c%10oc%10ccccc%10%11)n9)c9oc%10ccccc%10c9c8)cnc67)cc5)nc(-c5cc6ccccc6c6ccccc56)n4)cc3)cccc2c1. The maximum atomic E-state index is 6.86. The third-order valence-electron chi connectivity index (χ3n) is 18.9. The van der Waals surface area contributed by atoms with Gasteiger partial charge in [-0.3, -0.25) is 9.97 Å². The molecule has 97 heavy (non-hydrogen) atoms. The van der Waals surface area contributed by atoms with E-state index in [9.17, 15) is 0 Å². The molecule has 0 saturated heterocycles. The summed E-state index contributed by atoms with van der Waals surface area (Å²) in [6, 6.07) is 95.7. The molecule has 0 aliphatic heterocycles. The van der Waals surface area contributed by atoms with Crippen LogP contribution < -0.4 is 0 Å². The first-order chi connectivity index (χ1) is 48.0. The second-order valence-corrected chi connectivity index (χ2v) is 24.5. The van der Waals surface area contributed by atoms with Gasteiger partial charge in [0.15, 0.2) is 34.9 Å². The van der Waals surface area contributed by atoms with Crippen molar-refractivity contribution in [3.63, 3.8) is 0 Å². The normalized spacial score (nSPS) is 11.9. The van der Waals surface area contributed by atoms with Gasteiger partial charge in [-0.25, -0.2) is 29.9 Å². The van der Waals surface area contributed by atoms with Crippen molar-refractivity contribution in [3.05, 3.63) is 291 Å². The van der Waals surface area contributed by atoms with Gasteiger partial charge in [-0.05, 0) is 98.9 Å². The van der Waals surface area contributed by atoms with Crippen LogP contribution in [-0.2, 0) is 0 Å². The molecule has 0 atom stereocenters. The van der Waals surface area contributed by atoms with Crippen molar-refractivity contribution in [2.45, 2.75) is 0 Å². The Morgan fingerprint density at radius 3 is 1.23 bits per heavy atom. The molecule has 0 saturated carbocycles. The molecule has 11 heteroatoms. The second kappa shape index (κ2) is 21.6. The van der Waals surface area contributed by atoms with Crippen LogP contribution in [0.25, 0.3) is 211 Å². The van der Waals surface area contributed by atoms with Gasteiger partial charge >= 0.3 is 0 Å². The van der Waals surface area contributed by atoms with Gasteiger partial charge in [-0.15, -0.1) is 0 Å². The molecule has 0 aliphatic rings. The standard InChI is InChI=1S/C86H48N8O3/c1-2-20-58-54(16-1)45-71(62-22-4-3-21-61(58)62)85-90-81(52-39-35-49(36-40-52)59-26-11-17-51-19-15-43-87-76(51)59)89-82(91-85)53-41-37-50(38-42-53)60-27-12-18-55-44-57(48-88-77(55)60)56-46-70-65-25-7-10-34-75(65)97-80(70)72(47-56)86-93-83(68-30-13-28-66-63-23-5-8-32-73(63)95-78(66)68)92-84(94-86)69-31-14-29-67-64-24-6-9-33-74(64)96-79(67)69/h1-48H. The molecule has 20 rings (SSSR count). The summed E-state index contributed by atoms with van der Waals surface area (Å²) in [5.41, 5.74) is 16.8. The smallest absolute Gasteiger partial charge is 0.167 e. The van der Waals surface area contributed by atoms with Gasteiger partial charge in [0.2, 0.25) is 0 Å². The Morgan fingerprint density at radius 1 is 0.206 bits per heavy atom. The molecular formula is C86H48N8O3. The number of hydrogen-bond donors (Lipinski definition) is 0. The summed E-state index contributed by atoms with van der Waals surface area (Å²) in [6.07, 6.45) is 3.80. The van der Waals surface area contributed by atoms with Gasteiger partial charge in [-0.1, -0.05) is 218 Å². The highest BCUT2D eigenvalue weighted by Gasteiger charge is 2.25. The number of pyridine rings is 2. The van der Waals surface area contributed by atoms with Crippen LogP contribution >= 0.6 is 0 Å². The molecule has 13 aromatic carbocycles. The monoisotopic (exact) mass is 1240 g/mol. The van der Waals surface area contributed by atoms with Gasteiger partial charge in [0.25, 0.3) is 0 Å². The molecule has 0 amide bonds. The average Bonchev–Trinajstić information content (AvgIpc) is 1.76. The molecule has 0 aliphatic carbocycles. The molecule has 0 unspecified atom stereocenters. The number of para-hydroxylation sites is 7. The fourth-order valence-electron chi connectivity index (χ4n) is 14.2. The van der Waals surface area contributed by atoms with Crippen molar-refractivity contribution in [1.29, 1.82) is 0 Å². The topological polar surface area (TPSA) is 143 Å². The Labute approximate surface area is 552 Å². The third kappa shape index (κ3) is 8.90. The quantitative estimate of drug-likeness (QED) is 0.127. The van der Waals surface area contributed by atoms with Crippen molar-refractivity contribution in [3.8, 4) is 102 Å². The van der Waals surface area contributed by atoms with Crippen LogP contribution in [0.1, 0.15) is 0 Å². The maximum Gasteiger partial charge on any atom is 0.167 e. The molecule has 7 aromatic heterocycles. The van der Waals surface area contributed by atoms with Crippen molar-refractivity contribution < 1.29 is 13.3 Å². The summed E-state index contributed by atoms with van der Waals surface area (Å²) < 4.78 is 20.1. The number of furan rings is 3. The highest BCUT2D eigenvalue weighted by atomic mass is 16.3. The minimum Gasteiger partial charge on any atom is -0.455 e. The van der Waals surface area contributed by atoms with Gasteiger partial charge in [0, 0.05) is 88.9 Å². The lowest BCUT2D eigenvalue weighted by molar-refractivity contribution is 0.669. The van der Waals surface area contributed by atoms with E-state index in [2.05, 4.69) is 194 Å². The Bertz CT molecular complexity index is 6510. The molecule has 0 spiro atoms. The molecule has 11 nitrogen and oxygen atoms in total. The molecule has 450 valence electrons. The lowest BCUT2D eigenvalue weighted by Gasteiger charge is -2.13. The first kappa shape index (κ1) is 54.2. The zero-order valence-corrected chi connectivity index (χ0v) is 51.5. The van der Waals surface area contributed by atoms with Gasteiger partial charge in [-0.2, -0.15) is 0 Å². The van der Waals surface area contributed by atoms with Crippen molar-refractivity contribution in [2.75, 3.05) is 0 Å². The largest absolute Gasteiger partial charge is 0.455 e. The van der Waals surface area contributed by atoms with Crippen molar-refractivity contribution in [1.82, 2.24) is 39.9 Å². The highest BCUT2D eigenvalue weighted by molar-refractivity contribution is 6.15. The predicted octanol–water partition coefficient (Wildman–Crippen LogP) is 22.2. The Balaban J connectivity index is 0.702. The van der Waals surface area contributed by atoms with E-state index >= 15 is 0 Å². The van der Waals surface area contributed by atoms with Crippen LogP contribution in [0, 0.1) is 0 Å². The number of benzene rings is 13. The van der Waals surface area contributed by atoms with E-state index in [1.807, 2.05) is 97.3 Å². The zero-order chi connectivity index (χ0) is 63.7. The second-order valence-electron chi connectivity index (χ2n) is 24.5. The van der Waals surface area contributed by atoms with E-state index in [0.717, 1.165) is 148 Å². The third-order valence-corrected chi connectivity index (χ3v) is 18.9. The lowest BCUT2D eigenvalue weighted by atomic mass is 9.96. The van der Waals surface area contributed by atoms with E-state index in [1.54, 1.807) is 0 Å². The van der Waals surface area contributed by atoms with Crippen LogP contribution in [-0.4, -0.2) is 39.9 Å². The van der Waals surface area contributed by atoms with E-state index in [4.69, 9.17) is 53.1 Å². The maximum absolute atomic E-state index is 6.86. The Kier molecular flexibility index (Phi) is 12.1. The molecule has 0 fully saturated rings. The van der Waals surface area contributed by atoms with Crippen LogP contribution in [0.3, 0.4) is 0 Å². The number of fused-ring (bicyclic) bond motifs is 14. The summed E-state index contributed by atoms with van der Waals surface area (Å²) in [5.74, 6) is 3.02. The predicted molar refractivity (Wildman–Crippen MR) is 390 cm³/mol.